The van der Waals surface area contributed by atoms with Crippen LogP contribution in [0, 0.1) is 5.92 Å². The zero-order chi connectivity index (χ0) is 12.7. The van der Waals surface area contributed by atoms with Crippen molar-refractivity contribution in [3.63, 3.8) is 0 Å². The Balaban J connectivity index is 0.00000289. The Hall–Kier alpha value is -0.220. The fourth-order valence-corrected chi connectivity index (χ4v) is 2.59. The molecular weight excluding hydrogens is 277 g/mol. The molecule has 7 heteroatoms. The van der Waals surface area contributed by atoms with Crippen LogP contribution in [0.3, 0.4) is 0 Å². The van der Waals surface area contributed by atoms with Gasteiger partial charge in [0.05, 0.1) is 0 Å². The van der Waals surface area contributed by atoms with Crippen molar-refractivity contribution in [1.82, 2.24) is 0 Å². The highest BCUT2D eigenvalue weighted by Crippen LogP contribution is 2.27. The Morgan fingerprint density at radius 2 is 2.00 bits per heavy atom. The molecule has 3 N–H and O–H groups in total. The van der Waals surface area contributed by atoms with Crippen molar-refractivity contribution < 1.29 is 19.0 Å². The molecule has 0 aliphatic heterocycles. The number of hydrogen-bond acceptors (Lipinski definition) is 4. The molecule has 0 spiro atoms. The summed E-state index contributed by atoms with van der Waals surface area (Å²) in [5.41, 5.74) is 5.87. The number of rotatable bonds is 6. The summed E-state index contributed by atoms with van der Waals surface area (Å²) < 4.78 is 15.2. The molecule has 2 unspecified atom stereocenters. The Morgan fingerprint density at radius 1 is 1.39 bits per heavy atom. The molecule has 0 bridgehead atoms. The molecule has 0 aromatic heterocycles. The molecule has 0 amide bonds. The molecule has 1 rings (SSSR count). The van der Waals surface area contributed by atoms with Crippen molar-refractivity contribution in [1.29, 1.82) is 0 Å². The Bertz CT molecular complexity index is 272. The van der Waals surface area contributed by atoms with Gasteiger partial charge in [-0.25, -0.2) is 4.79 Å². The first-order valence-corrected chi connectivity index (χ1v) is 7.52. The first-order chi connectivity index (χ1) is 8.08. The Kier molecular flexibility index (Phi) is 9.56. The minimum atomic E-state index is -2.45. The zero-order valence-corrected chi connectivity index (χ0v) is 12.1. The lowest BCUT2D eigenvalue weighted by molar-refractivity contribution is -0.141. The highest BCUT2D eigenvalue weighted by Gasteiger charge is 2.21. The predicted octanol–water partition coefficient (Wildman–Crippen LogP) is 1.98. The van der Waals surface area contributed by atoms with E-state index in [1.54, 1.807) is 0 Å². The van der Waals surface area contributed by atoms with Gasteiger partial charge in [-0.3, -0.25) is 0 Å². The standard InChI is InChI=1S/C11H20NO4P.ClH/c12-10(6-9-4-2-1-3-5-9)7-16-11(13)8-17(14)15;/h9-10H,1-8,12H2;1H/p+1. The highest BCUT2D eigenvalue weighted by atomic mass is 35.5. The molecule has 1 aliphatic rings. The number of hydrogen-bond donors (Lipinski definition) is 2. The van der Waals surface area contributed by atoms with Gasteiger partial charge in [-0.15, -0.1) is 12.4 Å². The summed E-state index contributed by atoms with van der Waals surface area (Å²) in [7, 11) is -2.45. The van der Waals surface area contributed by atoms with E-state index in [0.29, 0.717) is 5.92 Å². The first kappa shape index (κ1) is 17.8. The monoisotopic (exact) mass is 298 g/mol. The van der Waals surface area contributed by atoms with Crippen LogP contribution >= 0.6 is 20.4 Å². The van der Waals surface area contributed by atoms with Gasteiger partial charge >= 0.3 is 14.0 Å². The van der Waals surface area contributed by atoms with Crippen molar-refractivity contribution in [2.75, 3.05) is 12.8 Å². The van der Waals surface area contributed by atoms with E-state index in [1.165, 1.54) is 32.1 Å². The molecule has 1 aliphatic carbocycles. The summed E-state index contributed by atoms with van der Waals surface area (Å²) in [6.45, 7) is 0.151. The number of carbonyl (C=O) groups is 1. The van der Waals surface area contributed by atoms with Gasteiger partial charge in [0.15, 0.2) is 0 Å². The van der Waals surface area contributed by atoms with E-state index in [-0.39, 0.29) is 25.1 Å². The largest absolute Gasteiger partial charge is 0.517 e. The van der Waals surface area contributed by atoms with E-state index in [0.717, 1.165) is 6.42 Å². The summed E-state index contributed by atoms with van der Waals surface area (Å²) in [6.07, 6.45) is 6.70. The van der Waals surface area contributed by atoms with Crippen LogP contribution in [0.15, 0.2) is 0 Å². The van der Waals surface area contributed by atoms with Gasteiger partial charge in [0, 0.05) is 6.04 Å². The molecule has 1 fully saturated rings. The van der Waals surface area contributed by atoms with Crippen LogP contribution in [0.25, 0.3) is 0 Å². The van der Waals surface area contributed by atoms with Crippen LogP contribution in [0.4, 0.5) is 0 Å². The third kappa shape index (κ3) is 7.98. The number of nitrogens with two attached hydrogens (primary N) is 1. The molecule has 0 saturated heterocycles. The van der Waals surface area contributed by atoms with Crippen LogP contribution < -0.4 is 5.73 Å². The van der Waals surface area contributed by atoms with Crippen LogP contribution in [0.5, 0.6) is 0 Å². The lowest BCUT2D eigenvalue weighted by Gasteiger charge is -2.24. The maximum atomic E-state index is 11.0. The van der Waals surface area contributed by atoms with Gasteiger partial charge in [-0.2, -0.15) is 4.89 Å². The second kappa shape index (κ2) is 9.68. The van der Waals surface area contributed by atoms with Gasteiger partial charge in [0.2, 0.25) is 0 Å². The van der Waals surface area contributed by atoms with Gasteiger partial charge in [0.1, 0.15) is 6.61 Å². The topological polar surface area (TPSA) is 89.6 Å². The fraction of sp³-hybridized carbons (Fsp3) is 0.909. The summed E-state index contributed by atoms with van der Waals surface area (Å²) >= 11 is 0. The molecule has 0 aromatic rings. The normalized spacial score (nSPS) is 18.7. The first-order valence-electron chi connectivity index (χ1n) is 6.12. The van der Waals surface area contributed by atoms with Crippen LogP contribution in [0.1, 0.15) is 38.5 Å². The molecule has 0 heterocycles. The van der Waals surface area contributed by atoms with E-state index in [9.17, 15) is 9.36 Å². The summed E-state index contributed by atoms with van der Waals surface area (Å²) in [5, 5.41) is 0. The van der Waals surface area contributed by atoms with Crippen molar-refractivity contribution in [2.24, 2.45) is 11.7 Å². The molecule has 0 aromatic carbocycles. The SMILES string of the molecule is Cl.NC(COC(=O)C[P+](=O)O)CC1CCCCC1. The molecule has 2 atom stereocenters. The number of esters is 1. The lowest BCUT2D eigenvalue weighted by Crippen LogP contribution is -2.31. The van der Waals surface area contributed by atoms with Crippen molar-refractivity contribution >= 4 is 26.4 Å². The average Bonchev–Trinajstić information content (AvgIpc) is 2.27. The number of halogens is 1. The third-order valence-corrected chi connectivity index (χ3v) is 3.61. The molecule has 5 nitrogen and oxygen atoms in total. The summed E-state index contributed by atoms with van der Waals surface area (Å²) in [5.74, 6) is -0.000342. The smallest absolute Gasteiger partial charge is 0.461 e. The van der Waals surface area contributed by atoms with Crippen molar-refractivity contribution in [3.05, 3.63) is 0 Å². The van der Waals surface area contributed by atoms with Gasteiger partial charge in [-0.1, -0.05) is 32.1 Å². The average molecular weight is 299 g/mol. The number of ether oxygens (including phenoxy) is 1. The Labute approximate surface area is 115 Å². The third-order valence-electron chi connectivity index (χ3n) is 3.08. The van der Waals surface area contributed by atoms with Gasteiger partial charge in [0.25, 0.3) is 6.16 Å². The minimum absolute atomic E-state index is 0. The number of carbonyl (C=O) groups excluding carboxylic acids is 1. The maximum absolute atomic E-state index is 11.0. The van der Waals surface area contributed by atoms with Crippen LogP contribution in [-0.4, -0.2) is 29.7 Å². The lowest BCUT2D eigenvalue weighted by atomic mass is 9.85. The molecule has 106 valence electrons. The van der Waals surface area contributed by atoms with Gasteiger partial charge in [-0.05, 0) is 16.9 Å². The second-order valence-electron chi connectivity index (χ2n) is 4.69. The van der Waals surface area contributed by atoms with Crippen molar-refractivity contribution in [2.45, 2.75) is 44.6 Å². The van der Waals surface area contributed by atoms with Gasteiger partial charge < -0.3 is 10.5 Å². The zero-order valence-electron chi connectivity index (χ0n) is 10.4. The van der Waals surface area contributed by atoms with E-state index in [2.05, 4.69) is 0 Å². The molecule has 1 saturated carbocycles. The van der Waals surface area contributed by atoms with Crippen molar-refractivity contribution in [3.8, 4) is 0 Å². The van der Waals surface area contributed by atoms with Crippen LogP contribution in [0.2, 0.25) is 0 Å². The molecule has 0 radical (unpaired) electrons. The highest BCUT2D eigenvalue weighted by molar-refractivity contribution is 7.39. The quantitative estimate of drug-likeness (QED) is 0.578. The molecule has 18 heavy (non-hydrogen) atoms. The summed E-state index contributed by atoms with van der Waals surface area (Å²) in [4.78, 5) is 19.6. The Morgan fingerprint density at radius 3 is 2.56 bits per heavy atom. The van der Waals surface area contributed by atoms with E-state index >= 15 is 0 Å². The second-order valence-corrected chi connectivity index (χ2v) is 5.71. The maximum Gasteiger partial charge on any atom is 0.517 e. The van der Waals surface area contributed by atoms with E-state index in [4.69, 9.17) is 15.4 Å². The predicted molar refractivity (Wildman–Crippen MR) is 72.1 cm³/mol. The van der Waals surface area contributed by atoms with E-state index < -0.39 is 20.2 Å². The minimum Gasteiger partial charge on any atom is -0.461 e. The molecular formula is C11H22ClNO4P+. The van der Waals surface area contributed by atoms with Crippen LogP contribution in [-0.2, 0) is 14.1 Å². The fourth-order valence-electron chi connectivity index (χ4n) is 2.28. The summed E-state index contributed by atoms with van der Waals surface area (Å²) in [6, 6.07) is -0.154. The van der Waals surface area contributed by atoms with E-state index in [1.807, 2.05) is 0 Å².